The standard InChI is InChI=1S/C23H19Cl2N3O3/c1-15-2-7-18(8-3-15)26-14-22(29)28-27-13-16-4-9-19(10-5-16)31-23(30)20-11-6-17(24)12-21(20)25/h2-13,26H,14H2,1H3,(H,28,29). The second-order valence-corrected chi connectivity index (χ2v) is 7.44. The third-order valence-corrected chi connectivity index (χ3v) is 4.70. The molecule has 0 aliphatic rings. The molecule has 158 valence electrons. The van der Waals surface area contributed by atoms with Crippen LogP contribution in [0, 0.1) is 6.92 Å². The zero-order chi connectivity index (χ0) is 22.2. The van der Waals surface area contributed by atoms with Gasteiger partial charge in [-0.2, -0.15) is 5.10 Å². The lowest BCUT2D eigenvalue weighted by molar-refractivity contribution is -0.119. The molecule has 8 heteroatoms. The number of aryl methyl sites for hydroxylation is 1. The second-order valence-electron chi connectivity index (χ2n) is 6.60. The van der Waals surface area contributed by atoms with Gasteiger partial charge in [0.2, 0.25) is 0 Å². The summed E-state index contributed by atoms with van der Waals surface area (Å²) in [5, 5.41) is 7.59. The first-order chi connectivity index (χ1) is 14.9. The van der Waals surface area contributed by atoms with E-state index in [2.05, 4.69) is 15.8 Å². The topological polar surface area (TPSA) is 79.8 Å². The van der Waals surface area contributed by atoms with E-state index in [9.17, 15) is 9.59 Å². The van der Waals surface area contributed by atoms with Gasteiger partial charge in [0.15, 0.2) is 0 Å². The van der Waals surface area contributed by atoms with Crippen LogP contribution in [0.15, 0.2) is 71.8 Å². The molecular formula is C23H19Cl2N3O3. The molecule has 2 N–H and O–H groups in total. The summed E-state index contributed by atoms with van der Waals surface area (Å²) < 4.78 is 5.31. The first-order valence-corrected chi connectivity index (χ1v) is 10.1. The van der Waals surface area contributed by atoms with Gasteiger partial charge in [-0.1, -0.05) is 40.9 Å². The number of amides is 1. The minimum absolute atomic E-state index is 0.0998. The molecule has 0 radical (unpaired) electrons. The summed E-state index contributed by atoms with van der Waals surface area (Å²) in [7, 11) is 0. The van der Waals surface area contributed by atoms with Gasteiger partial charge in [-0.15, -0.1) is 0 Å². The smallest absolute Gasteiger partial charge is 0.345 e. The first-order valence-electron chi connectivity index (χ1n) is 9.30. The highest BCUT2D eigenvalue weighted by atomic mass is 35.5. The van der Waals surface area contributed by atoms with E-state index in [4.69, 9.17) is 27.9 Å². The number of carbonyl (C=O) groups is 2. The summed E-state index contributed by atoms with van der Waals surface area (Å²) >= 11 is 11.9. The van der Waals surface area contributed by atoms with E-state index < -0.39 is 5.97 Å². The lowest BCUT2D eigenvalue weighted by Crippen LogP contribution is -2.25. The second kappa shape index (κ2) is 10.6. The number of esters is 1. The molecule has 0 fully saturated rings. The molecule has 0 aliphatic carbocycles. The Morgan fingerprint density at radius 1 is 1.00 bits per heavy atom. The van der Waals surface area contributed by atoms with E-state index in [0.717, 1.165) is 16.8 Å². The molecule has 1 amide bonds. The van der Waals surface area contributed by atoms with E-state index in [1.807, 2.05) is 31.2 Å². The zero-order valence-corrected chi connectivity index (χ0v) is 18.1. The normalized spacial score (nSPS) is 10.7. The van der Waals surface area contributed by atoms with Crippen LogP contribution in [0.5, 0.6) is 5.75 Å². The van der Waals surface area contributed by atoms with Crippen LogP contribution in [0.3, 0.4) is 0 Å². The van der Waals surface area contributed by atoms with Crippen molar-refractivity contribution in [2.45, 2.75) is 6.92 Å². The van der Waals surface area contributed by atoms with Crippen molar-refractivity contribution in [3.8, 4) is 5.75 Å². The number of hydrogen-bond donors (Lipinski definition) is 2. The molecule has 0 saturated heterocycles. The molecule has 0 aromatic heterocycles. The number of anilines is 1. The maximum Gasteiger partial charge on any atom is 0.345 e. The van der Waals surface area contributed by atoms with E-state index in [1.165, 1.54) is 18.3 Å². The summed E-state index contributed by atoms with van der Waals surface area (Å²) in [6, 6.07) is 18.9. The largest absolute Gasteiger partial charge is 0.423 e. The molecule has 0 aliphatic heterocycles. The number of hydrogen-bond acceptors (Lipinski definition) is 5. The maximum absolute atomic E-state index is 12.2. The van der Waals surface area contributed by atoms with Gasteiger partial charge in [0.25, 0.3) is 5.91 Å². The highest BCUT2D eigenvalue weighted by molar-refractivity contribution is 6.36. The number of halogens is 2. The molecule has 0 unspecified atom stereocenters. The van der Waals surface area contributed by atoms with Gasteiger partial charge in [0.05, 0.1) is 23.3 Å². The van der Waals surface area contributed by atoms with Crippen molar-refractivity contribution < 1.29 is 14.3 Å². The van der Waals surface area contributed by atoms with Gasteiger partial charge in [-0.3, -0.25) is 4.79 Å². The van der Waals surface area contributed by atoms with Gasteiger partial charge in [0.1, 0.15) is 5.75 Å². The Bertz CT molecular complexity index is 1100. The summed E-state index contributed by atoms with van der Waals surface area (Å²) in [5.41, 5.74) is 5.39. The first kappa shape index (κ1) is 22.3. The fraction of sp³-hybridized carbons (Fsp3) is 0.0870. The Morgan fingerprint density at radius 2 is 1.71 bits per heavy atom. The number of ether oxygens (including phenoxy) is 1. The van der Waals surface area contributed by atoms with Crippen LogP contribution >= 0.6 is 23.2 Å². The van der Waals surface area contributed by atoms with E-state index in [0.29, 0.717) is 10.8 Å². The van der Waals surface area contributed by atoms with Gasteiger partial charge < -0.3 is 10.1 Å². The van der Waals surface area contributed by atoms with Crippen LogP contribution in [0.25, 0.3) is 0 Å². The highest BCUT2D eigenvalue weighted by Gasteiger charge is 2.13. The Hall–Kier alpha value is -3.35. The molecule has 0 bridgehead atoms. The Morgan fingerprint density at radius 3 is 2.39 bits per heavy atom. The molecule has 3 aromatic rings. The van der Waals surface area contributed by atoms with Crippen molar-refractivity contribution in [3.63, 3.8) is 0 Å². The Labute approximate surface area is 189 Å². The van der Waals surface area contributed by atoms with Crippen LogP contribution in [0.4, 0.5) is 5.69 Å². The molecule has 0 spiro atoms. The lowest BCUT2D eigenvalue weighted by Gasteiger charge is -2.06. The zero-order valence-electron chi connectivity index (χ0n) is 16.6. The van der Waals surface area contributed by atoms with Gasteiger partial charge in [-0.25, -0.2) is 10.2 Å². The lowest BCUT2D eigenvalue weighted by atomic mass is 10.2. The molecule has 3 aromatic carbocycles. The maximum atomic E-state index is 12.2. The number of carbonyl (C=O) groups excluding carboxylic acids is 2. The minimum atomic E-state index is -0.587. The SMILES string of the molecule is Cc1ccc(NCC(=O)NN=Cc2ccc(OC(=O)c3ccc(Cl)cc3Cl)cc2)cc1. The summed E-state index contributed by atoms with van der Waals surface area (Å²) in [4.78, 5) is 24.1. The molecule has 6 nitrogen and oxygen atoms in total. The van der Waals surface area contributed by atoms with Crippen molar-refractivity contribution in [1.29, 1.82) is 0 Å². The predicted octanol–water partition coefficient (Wildman–Crippen LogP) is 5.08. The average molecular weight is 456 g/mol. The molecule has 31 heavy (non-hydrogen) atoms. The third kappa shape index (κ3) is 6.84. The highest BCUT2D eigenvalue weighted by Crippen LogP contribution is 2.23. The number of nitrogens with zero attached hydrogens (tertiary/aromatic N) is 1. The predicted molar refractivity (Wildman–Crippen MR) is 123 cm³/mol. The van der Waals surface area contributed by atoms with Crippen LogP contribution in [-0.4, -0.2) is 24.6 Å². The molecule has 0 heterocycles. The monoisotopic (exact) mass is 455 g/mol. The van der Waals surface area contributed by atoms with Crippen LogP contribution in [0.1, 0.15) is 21.5 Å². The fourth-order valence-corrected chi connectivity index (χ4v) is 3.00. The number of hydrazone groups is 1. The van der Waals surface area contributed by atoms with Crippen LogP contribution < -0.4 is 15.5 Å². The fourth-order valence-electron chi connectivity index (χ4n) is 2.51. The Balaban J connectivity index is 1.48. The molecule has 0 atom stereocenters. The summed E-state index contributed by atoms with van der Waals surface area (Å²) in [6.07, 6.45) is 1.49. The molecule has 0 saturated carbocycles. The molecule has 3 rings (SSSR count). The van der Waals surface area contributed by atoms with Crippen molar-refractivity contribution >= 4 is 47.0 Å². The van der Waals surface area contributed by atoms with E-state index in [1.54, 1.807) is 30.3 Å². The van der Waals surface area contributed by atoms with Gasteiger partial charge >= 0.3 is 5.97 Å². The van der Waals surface area contributed by atoms with Crippen molar-refractivity contribution in [1.82, 2.24) is 5.43 Å². The quantitative estimate of drug-likeness (QED) is 0.225. The van der Waals surface area contributed by atoms with E-state index >= 15 is 0 Å². The summed E-state index contributed by atoms with van der Waals surface area (Å²) in [6.45, 7) is 2.10. The van der Waals surface area contributed by atoms with Crippen LogP contribution in [-0.2, 0) is 4.79 Å². The number of nitrogens with one attached hydrogen (secondary N) is 2. The van der Waals surface area contributed by atoms with E-state index in [-0.39, 0.29) is 23.0 Å². The van der Waals surface area contributed by atoms with Crippen LogP contribution in [0.2, 0.25) is 10.0 Å². The van der Waals surface area contributed by atoms with Crippen molar-refractivity contribution in [2.75, 3.05) is 11.9 Å². The molecular weight excluding hydrogens is 437 g/mol. The van der Waals surface area contributed by atoms with Gasteiger partial charge in [-0.05, 0) is 67.1 Å². The summed E-state index contributed by atoms with van der Waals surface area (Å²) in [5.74, 6) is -0.516. The van der Waals surface area contributed by atoms with Crippen molar-refractivity contribution in [3.05, 3.63) is 93.5 Å². The number of benzene rings is 3. The van der Waals surface area contributed by atoms with Crippen molar-refractivity contribution in [2.24, 2.45) is 5.10 Å². The van der Waals surface area contributed by atoms with Gasteiger partial charge in [0, 0.05) is 10.7 Å². The third-order valence-electron chi connectivity index (χ3n) is 4.15. The Kier molecular flexibility index (Phi) is 7.65. The minimum Gasteiger partial charge on any atom is -0.423 e. The number of rotatable bonds is 7. The average Bonchev–Trinajstić information content (AvgIpc) is 2.74.